The summed E-state index contributed by atoms with van der Waals surface area (Å²) < 4.78 is 35.8. The van der Waals surface area contributed by atoms with Gasteiger partial charge in [-0.15, -0.1) is 0 Å². The van der Waals surface area contributed by atoms with Gasteiger partial charge in [-0.05, 0) is 24.1 Å². The predicted octanol–water partition coefficient (Wildman–Crippen LogP) is 3.53. The largest absolute Gasteiger partial charge is 0.504 e. The molecule has 1 unspecified atom stereocenters. The smallest absolute Gasteiger partial charge is 0.277 e. The van der Waals surface area contributed by atoms with Gasteiger partial charge in [-0.1, -0.05) is 43.7 Å². The zero-order chi connectivity index (χ0) is 26.7. The summed E-state index contributed by atoms with van der Waals surface area (Å²) in [5.74, 6) is -4.11. The van der Waals surface area contributed by atoms with E-state index in [-0.39, 0.29) is 36.6 Å². The number of ether oxygens (including phenoxy) is 1. The molecule has 196 valence electrons. The minimum atomic E-state index is -1.40. The van der Waals surface area contributed by atoms with Crippen LogP contribution in [-0.4, -0.2) is 52.1 Å². The lowest BCUT2D eigenvalue weighted by molar-refractivity contribution is 0.0576. The van der Waals surface area contributed by atoms with Gasteiger partial charge in [0.2, 0.25) is 11.2 Å². The Labute approximate surface area is 212 Å². The number of carbonyl (C=O) groups excluding carboxylic acids is 1. The van der Waals surface area contributed by atoms with Crippen LogP contribution in [0.3, 0.4) is 0 Å². The molecule has 1 aromatic heterocycles. The highest BCUT2D eigenvalue weighted by Gasteiger charge is 2.42. The number of phenolic OH excluding ortho intramolecular Hbond substituents is 1. The van der Waals surface area contributed by atoms with Crippen LogP contribution < -0.4 is 15.2 Å². The van der Waals surface area contributed by atoms with Crippen molar-refractivity contribution in [1.29, 1.82) is 0 Å². The third-order valence-corrected chi connectivity index (χ3v) is 6.47. The molecule has 0 fully saturated rings. The SMILES string of the molecule is CCCCOc1c2n(ccc1=O)N(C(c1ccccc1)c1ccc(F)c(F)c1O)[C@@H](CCO)N(C)C2=O. The average Bonchev–Trinajstić information content (AvgIpc) is 2.90. The van der Waals surface area contributed by atoms with Gasteiger partial charge in [0.25, 0.3) is 5.91 Å². The van der Waals surface area contributed by atoms with Crippen molar-refractivity contribution in [3.8, 4) is 11.5 Å². The molecule has 10 heteroatoms. The summed E-state index contributed by atoms with van der Waals surface area (Å²) in [6.07, 6.45) is 2.21. The second-order valence-corrected chi connectivity index (χ2v) is 8.81. The number of hydrogen-bond donors (Lipinski definition) is 2. The van der Waals surface area contributed by atoms with E-state index in [1.807, 2.05) is 6.92 Å². The fourth-order valence-electron chi connectivity index (χ4n) is 4.60. The van der Waals surface area contributed by atoms with Crippen LogP contribution in [0.4, 0.5) is 8.78 Å². The Morgan fingerprint density at radius 2 is 1.81 bits per heavy atom. The van der Waals surface area contributed by atoms with Crippen LogP contribution in [0.25, 0.3) is 0 Å². The number of phenols is 1. The number of aliphatic hydroxyl groups is 1. The quantitative estimate of drug-likeness (QED) is 0.425. The molecule has 0 saturated heterocycles. The first-order valence-electron chi connectivity index (χ1n) is 12.1. The van der Waals surface area contributed by atoms with Crippen LogP contribution in [0.1, 0.15) is 53.8 Å². The topological polar surface area (TPSA) is 95.2 Å². The van der Waals surface area contributed by atoms with Gasteiger partial charge >= 0.3 is 0 Å². The molecule has 4 rings (SSSR count). The predicted molar refractivity (Wildman–Crippen MR) is 133 cm³/mol. The van der Waals surface area contributed by atoms with Crippen molar-refractivity contribution in [2.24, 2.45) is 0 Å². The number of rotatable bonds is 9. The zero-order valence-corrected chi connectivity index (χ0v) is 20.6. The summed E-state index contributed by atoms with van der Waals surface area (Å²) in [7, 11) is 1.53. The molecule has 37 heavy (non-hydrogen) atoms. The standard InChI is InChI=1S/C27H29F2N3O5/c1-3-4-16-37-26-20(34)12-14-31-24(26)27(36)30(2)21(13-15-33)32(31)23(17-8-6-5-7-9-17)18-10-11-19(28)22(29)25(18)35/h5-12,14,21,23,33,35H,3-4,13,15-16H2,1-2H3/t21-,23?/m0/s1. The first-order chi connectivity index (χ1) is 17.8. The van der Waals surface area contributed by atoms with E-state index in [0.717, 1.165) is 12.5 Å². The molecule has 2 atom stereocenters. The molecule has 1 aliphatic heterocycles. The Morgan fingerprint density at radius 1 is 1.08 bits per heavy atom. The van der Waals surface area contributed by atoms with Crippen molar-refractivity contribution in [2.45, 2.75) is 38.4 Å². The Balaban J connectivity index is 2.02. The first kappa shape index (κ1) is 26.2. The summed E-state index contributed by atoms with van der Waals surface area (Å²) in [5.41, 5.74) is 0.112. The zero-order valence-electron chi connectivity index (χ0n) is 20.6. The number of aromatic nitrogens is 1. The van der Waals surface area contributed by atoms with Gasteiger partial charge in [-0.3, -0.25) is 19.3 Å². The van der Waals surface area contributed by atoms with Gasteiger partial charge in [0.05, 0.1) is 6.61 Å². The van der Waals surface area contributed by atoms with E-state index < -0.39 is 40.9 Å². The van der Waals surface area contributed by atoms with E-state index in [1.165, 1.54) is 35.0 Å². The maximum absolute atomic E-state index is 14.6. The summed E-state index contributed by atoms with van der Waals surface area (Å²) in [6.45, 7) is 1.90. The van der Waals surface area contributed by atoms with E-state index in [2.05, 4.69) is 0 Å². The van der Waals surface area contributed by atoms with E-state index in [9.17, 15) is 28.6 Å². The number of carbonyl (C=O) groups is 1. The summed E-state index contributed by atoms with van der Waals surface area (Å²) >= 11 is 0. The number of amides is 1. The van der Waals surface area contributed by atoms with Crippen molar-refractivity contribution in [3.63, 3.8) is 0 Å². The molecule has 2 heterocycles. The van der Waals surface area contributed by atoms with Gasteiger partial charge < -0.3 is 19.8 Å². The van der Waals surface area contributed by atoms with Crippen LogP contribution >= 0.6 is 0 Å². The molecule has 0 saturated carbocycles. The molecule has 8 nitrogen and oxygen atoms in total. The highest BCUT2D eigenvalue weighted by molar-refractivity contribution is 5.96. The van der Waals surface area contributed by atoms with Crippen LogP contribution in [0.15, 0.2) is 59.5 Å². The summed E-state index contributed by atoms with van der Waals surface area (Å²) in [4.78, 5) is 27.7. The maximum Gasteiger partial charge on any atom is 0.277 e. The highest BCUT2D eigenvalue weighted by atomic mass is 19.2. The van der Waals surface area contributed by atoms with Gasteiger partial charge in [-0.2, -0.15) is 4.39 Å². The molecule has 2 aromatic carbocycles. The number of halogens is 2. The number of aliphatic hydroxyl groups excluding tert-OH is 1. The molecule has 0 aliphatic carbocycles. The lowest BCUT2D eigenvalue weighted by atomic mass is 9.95. The van der Waals surface area contributed by atoms with E-state index in [4.69, 9.17) is 4.74 Å². The number of nitrogens with zero attached hydrogens (tertiary/aromatic N) is 3. The number of benzene rings is 2. The van der Waals surface area contributed by atoms with Gasteiger partial charge in [0.15, 0.2) is 23.0 Å². The normalized spacial score (nSPS) is 16.0. The Kier molecular flexibility index (Phi) is 7.77. The second kappa shape index (κ2) is 11.0. The third-order valence-electron chi connectivity index (χ3n) is 6.47. The van der Waals surface area contributed by atoms with E-state index in [1.54, 1.807) is 35.3 Å². The molecule has 0 radical (unpaired) electrons. The monoisotopic (exact) mass is 513 g/mol. The van der Waals surface area contributed by atoms with Crippen molar-refractivity contribution in [2.75, 3.05) is 25.3 Å². The minimum absolute atomic E-state index is 0.0360. The molecule has 1 amide bonds. The van der Waals surface area contributed by atoms with Gasteiger partial charge in [-0.25, -0.2) is 4.39 Å². The lowest BCUT2D eigenvalue weighted by Gasteiger charge is -2.49. The van der Waals surface area contributed by atoms with E-state index >= 15 is 0 Å². The molecule has 2 N–H and O–H groups in total. The number of aromatic hydroxyl groups is 1. The van der Waals surface area contributed by atoms with Crippen molar-refractivity contribution in [3.05, 3.63) is 93.4 Å². The molecule has 3 aromatic rings. The lowest BCUT2D eigenvalue weighted by Crippen LogP contribution is -2.61. The Morgan fingerprint density at radius 3 is 2.49 bits per heavy atom. The molecule has 1 aliphatic rings. The molecule has 0 bridgehead atoms. The van der Waals surface area contributed by atoms with Gasteiger partial charge in [0.1, 0.15) is 12.2 Å². The van der Waals surface area contributed by atoms with Crippen molar-refractivity contribution >= 4 is 5.91 Å². The summed E-state index contributed by atoms with van der Waals surface area (Å²) in [6, 6.07) is 11.3. The second-order valence-electron chi connectivity index (χ2n) is 8.81. The van der Waals surface area contributed by atoms with Gasteiger partial charge in [0, 0.05) is 37.9 Å². The third kappa shape index (κ3) is 4.76. The van der Waals surface area contributed by atoms with E-state index in [0.29, 0.717) is 12.0 Å². The van der Waals surface area contributed by atoms with Crippen molar-refractivity contribution in [1.82, 2.24) is 9.58 Å². The Hall–Kier alpha value is -3.92. The fourth-order valence-corrected chi connectivity index (χ4v) is 4.60. The minimum Gasteiger partial charge on any atom is -0.504 e. The maximum atomic E-state index is 14.6. The fraction of sp³-hybridized carbons (Fsp3) is 0.333. The van der Waals surface area contributed by atoms with Crippen LogP contribution in [-0.2, 0) is 0 Å². The number of pyridine rings is 1. The summed E-state index contributed by atoms with van der Waals surface area (Å²) in [5, 5.41) is 22.2. The molecular formula is C27H29F2N3O5. The number of hydrogen-bond acceptors (Lipinski definition) is 6. The first-order valence-corrected chi connectivity index (χ1v) is 12.1. The van der Waals surface area contributed by atoms with Crippen LogP contribution in [0.5, 0.6) is 11.5 Å². The highest BCUT2D eigenvalue weighted by Crippen LogP contribution is 2.39. The van der Waals surface area contributed by atoms with Crippen LogP contribution in [0, 0.1) is 11.6 Å². The van der Waals surface area contributed by atoms with Crippen LogP contribution in [0.2, 0.25) is 0 Å². The Bertz CT molecular complexity index is 1330. The molecular weight excluding hydrogens is 484 g/mol. The number of fused-ring (bicyclic) bond motifs is 1. The molecule has 0 spiro atoms. The average molecular weight is 514 g/mol. The number of unbranched alkanes of at least 4 members (excludes halogenated alkanes) is 1. The van der Waals surface area contributed by atoms with Crippen molar-refractivity contribution < 1.29 is 28.5 Å².